The highest BCUT2D eigenvalue weighted by Gasteiger charge is 2.42. The first-order valence-corrected chi connectivity index (χ1v) is 11.9. The Labute approximate surface area is 209 Å². The van der Waals surface area contributed by atoms with Gasteiger partial charge in [-0.25, -0.2) is 13.8 Å². The van der Waals surface area contributed by atoms with Gasteiger partial charge in [-0.3, -0.25) is 4.79 Å². The van der Waals surface area contributed by atoms with Gasteiger partial charge in [0.1, 0.15) is 12.4 Å². The molecule has 1 spiro atoms. The molecule has 2 aromatic rings. The van der Waals surface area contributed by atoms with E-state index < -0.39 is 17.6 Å². The fourth-order valence-electron chi connectivity index (χ4n) is 5.26. The van der Waals surface area contributed by atoms with Crippen LogP contribution >= 0.6 is 12.4 Å². The molecule has 3 fully saturated rings. The molecule has 2 N–H and O–H groups in total. The van der Waals surface area contributed by atoms with Crippen LogP contribution < -0.4 is 15.4 Å². The largest absolute Gasteiger partial charge is 0.485 e. The molecule has 1 aromatic heterocycles. The van der Waals surface area contributed by atoms with Crippen molar-refractivity contribution in [3.05, 3.63) is 59.2 Å². The van der Waals surface area contributed by atoms with Gasteiger partial charge in [-0.05, 0) is 56.8 Å². The normalized spacial score (nSPS) is 22.7. The van der Waals surface area contributed by atoms with Crippen LogP contribution in [0.2, 0.25) is 0 Å². The minimum atomic E-state index is -0.830. The van der Waals surface area contributed by atoms with Gasteiger partial charge < -0.3 is 20.3 Å². The Morgan fingerprint density at radius 1 is 1.23 bits per heavy atom. The molecule has 3 heterocycles. The van der Waals surface area contributed by atoms with E-state index in [9.17, 15) is 18.0 Å². The first-order valence-electron chi connectivity index (χ1n) is 11.9. The van der Waals surface area contributed by atoms with Crippen molar-refractivity contribution < 1.29 is 22.7 Å². The van der Waals surface area contributed by atoms with Crippen LogP contribution in [-0.2, 0) is 11.4 Å². The number of hydrogen-bond acceptors (Lipinski definition) is 5. The second-order valence-electron chi connectivity index (χ2n) is 9.57. The van der Waals surface area contributed by atoms with Crippen molar-refractivity contribution in [1.29, 1.82) is 0 Å². The summed E-state index contributed by atoms with van der Waals surface area (Å²) in [5, 5.41) is 6.84. The molecule has 5 rings (SSSR count). The first-order chi connectivity index (χ1) is 16.4. The molecule has 0 unspecified atom stereocenters. The fourth-order valence-corrected chi connectivity index (χ4v) is 5.26. The number of hydrogen-bond donors (Lipinski definition) is 2. The molecule has 2 aliphatic heterocycles. The zero-order valence-electron chi connectivity index (χ0n) is 19.4. The van der Waals surface area contributed by atoms with E-state index in [1.807, 2.05) is 4.90 Å². The molecule has 1 aromatic carbocycles. The lowest BCUT2D eigenvalue weighted by molar-refractivity contribution is -0.131. The smallest absolute Gasteiger partial charge is 0.236 e. The predicted octanol–water partition coefficient (Wildman–Crippen LogP) is 3.69. The Balaban J connectivity index is 0.00000289. The number of carbonyl (C=O) groups excluding carboxylic acids is 1. The number of aromatic nitrogens is 1. The Morgan fingerprint density at radius 2 is 2.03 bits per heavy atom. The summed E-state index contributed by atoms with van der Waals surface area (Å²) in [6.45, 7) is 2.53. The van der Waals surface area contributed by atoms with Gasteiger partial charge in [-0.2, -0.15) is 4.39 Å². The third kappa shape index (κ3) is 5.73. The van der Waals surface area contributed by atoms with E-state index in [0.29, 0.717) is 12.0 Å². The van der Waals surface area contributed by atoms with Crippen molar-refractivity contribution >= 4 is 18.3 Å². The molecule has 1 aliphatic carbocycles. The number of nitrogens with one attached hydrogen (secondary N) is 2. The van der Waals surface area contributed by atoms with Crippen LogP contribution in [0.15, 0.2) is 30.5 Å². The first kappa shape index (κ1) is 25.7. The maximum atomic E-state index is 14.6. The second kappa shape index (κ2) is 10.7. The highest BCUT2D eigenvalue weighted by atomic mass is 35.5. The van der Waals surface area contributed by atoms with E-state index in [4.69, 9.17) is 4.74 Å². The topological polar surface area (TPSA) is 66.5 Å². The molecule has 3 aliphatic rings. The summed E-state index contributed by atoms with van der Waals surface area (Å²) in [6, 6.07) is 5.01. The number of pyridine rings is 1. The summed E-state index contributed by atoms with van der Waals surface area (Å²) < 4.78 is 47.9. The van der Waals surface area contributed by atoms with Gasteiger partial charge in [0.25, 0.3) is 0 Å². The third-order valence-electron chi connectivity index (χ3n) is 7.36. The maximum Gasteiger partial charge on any atom is 0.236 e. The molecule has 0 bridgehead atoms. The molecular formula is C25H30ClF3N4O2. The van der Waals surface area contributed by atoms with Gasteiger partial charge in [-0.15, -0.1) is 12.4 Å². The summed E-state index contributed by atoms with van der Waals surface area (Å²) in [4.78, 5) is 18.2. The van der Waals surface area contributed by atoms with Crippen LogP contribution in [0.4, 0.5) is 13.2 Å². The van der Waals surface area contributed by atoms with E-state index in [1.165, 1.54) is 31.2 Å². The number of piperidine rings is 1. The van der Waals surface area contributed by atoms with Gasteiger partial charge in [0.05, 0.1) is 6.54 Å². The standard InChI is InChI=1S/C25H29F3N4O2.ClH/c26-17-11-19(23(20(27)12-17)34-15-16-3-1-7-29-24(16)28)18-13-21(18)30-14-22(33)32-9-5-25(6-10-32)4-2-8-31-25;/h1,3,7,11-12,18,21,30-31H,2,4-6,8-10,13-15H2;1H/t18-,21+;/m0./s1. The number of amides is 1. The molecule has 2 saturated heterocycles. The van der Waals surface area contributed by atoms with Crippen LogP contribution in [0.5, 0.6) is 5.75 Å². The number of carbonyl (C=O) groups is 1. The second-order valence-corrected chi connectivity index (χ2v) is 9.57. The molecule has 6 nitrogen and oxygen atoms in total. The summed E-state index contributed by atoms with van der Waals surface area (Å²) >= 11 is 0. The van der Waals surface area contributed by atoms with Crippen LogP contribution in [0.3, 0.4) is 0 Å². The third-order valence-corrected chi connectivity index (χ3v) is 7.36. The minimum absolute atomic E-state index is 0. The van der Waals surface area contributed by atoms with Crippen LogP contribution in [0.25, 0.3) is 0 Å². The average molecular weight is 511 g/mol. The number of nitrogens with zero attached hydrogens (tertiary/aromatic N) is 2. The van der Waals surface area contributed by atoms with E-state index in [0.717, 1.165) is 38.5 Å². The van der Waals surface area contributed by atoms with E-state index in [2.05, 4.69) is 15.6 Å². The molecule has 0 radical (unpaired) electrons. The maximum absolute atomic E-state index is 14.6. The SMILES string of the molecule is Cl.O=C(CN[C@@H]1C[C@H]1c1cc(F)cc(F)c1OCc1cccnc1F)N1CCC2(CCCN2)CC1. The highest BCUT2D eigenvalue weighted by Crippen LogP contribution is 2.46. The summed E-state index contributed by atoms with van der Waals surface area (Å²) in [6.07, 6.45) is 6.29. The predicted molar refractivity (Wildman–Crippen MR) is 127 cm³/mol. The van der Waals surface area contributed by atoms with Gasteiger partial charge in [0.15, 0.2) is 11.6 Å². The zero-order chi connectivity index (χ0) is 23.7. The highest BCUT2D eigenvalue weighted by molar-refractivity contribution is 5.85. The van der Waals surface area contributed by atoms with Crippen LogP contribution in [0, 0.1) is 17.6 Å². The van der Waals surface area contributed by atoms with Gasteiger partial charge >= 0.3 is 0 Å². The van der Waals surface area contributed by atoms with E-state index in [-0.39, 0.29) is 60.3 Å². The van der Waals surface area contributed by atoms with Crippen molar-refractivity contribution in [3.8, 4) is 5.75 Å². The Morgan fingerprint density at radius 3 is 2.74 bits per heavy atom. The minimum Gasteiger partial charge on any atom is -0.485 e. The molecule has 35 heavy (non-hydrogen) atoms. The molecular weight excluding hydrogens is 481 g/mol. The lowest BCUT2D eigenvalue weighted by atomic mass is 9.86. The lowest BCUT2D eigenvalue weighted by Crippen LogP contribution is -2.52. The van der Waals surface area contributed by atoms with E-state index in [1.54, 1.807) is 6.07 Å². The van der Waals surface area contributed by atoms with Crippen LogP contribution in [0.1, 0.15) is 49.1 Å². The molecule has 10 heteroatoms. The number of likely N-dealkylation sites (tertiary alicyclic amines) is 1. The van der Waals surface area contributed by atoms with Crippen molar-refractivity contribution in [2.75, 3.05) is 26.2 Å². The number of benzene rings is 1. The molecule has 190 valence electrons. The Bertz CT molecular complexity index is 1060. The molecule has 1 amide bonds. The molecule has 2 atom stereocenters. The monoisotopic (exact) mass is 510 g/mol. The van der Waals surface area contributed by atoms with Crippen molar-refractivity contribution in [2.24, 2.45) is 0 Å². The Hall–Kier alpha value is -2.36. The van der Waals surface area contributed by atoms with Crippen molar-refractivity contribution in [2.45, 2.75) is 56.2 Å². The average Bonchev–Trinajstić information content (AvgIpc) is 3.47. The summed E-state index contributed by atoms with van der Waals surface area (Å²) in [7, 11) is 0. The van der Waals surface area contributed by atoms with Crippen molar-refractivity contribution in [1.82, 2.24) is 20.5 Å². The van der Waals surface area contributed by atoms with Gasteiger partial charge in [-0.1, -0.05) is 0 Å². The number of rotatable bonds is 7. The van der Waals surface area contributed by atoms with Crippen molar-refractivity contribution in [3.63, 3.8) is 0 Å². The quantitative estimate of drug-likeness (QED) is 0.556. The van der Waals surface area contributed by atoms with Crippen LogP contribution in [-0.4, -0.2) is 53.6 Å². The van der Waals surface area contributed by atoms with Gasteiger partial charge in [0, 0.05) is 54.0 Å². The summed E-state index contributed by atoms with van der Waals surface area (Å²) in [5.74, 6) is -2.44. The molecule has 1 saturated carbocycles. The zero-order valence-corrected chi connectivity index (χ0v) is 20.2. The number of halogens is 4. The summed E-state index contributed by atoms with van der Waals surface area (Å²) in [5.41, 5.74) is 0.783. The number of ether oxygens (including phenoxy) is 1. The Kier molecular flexibility index (Phi) is 7.88. The van der Waals surface area contributed by atoms with E-state index >= 15 is 0 Å². The fraction of sp³-hybridized carbons (Fsp3) is 0.520. The van der Waals surface area contributed by atoms with Gasteiger partial charge in [0.2, 0.25) is 11.9 Å². The lowest BCUT2D eigenvalue weighted by Gasteiger charge is -2.39.